The van der Waals surface area contributed by atoms with E-state index in [9.17, 15) is 13.2 Å². The second-order valence-corrected chi connectivity index (χ2v) is 5.93. The molecule has 0 aliphatic heterocycles. The van der Waals surface area contributed by atoms with Crippen molar-refractivity contribution in [1.82, 2.24) is 0 Å². The Labute approximate surface area is 112 Å². The number of benzene rings is 1. The summed E-state index contributed by atoms with van der Waals surface area (Å²) in [6.45, 7) is 3.22. The number of rotatable bonds is 6. The van der Waals surface area contributed by atoms with Crippen molar-refractivity contribution in [3.05, 3.63) is 35.2 Å². The molecule has 0 bridgehead atoms. The quantitative estimate of drug-likeness (QED) is 0.738. The van der Waals surface area contributed by atoms with E-state index in [-0.39, 0.29) is 23.4 Å². The molecule has 0 saturated heterocycles. The summed E-state index contributed by atoms with van der Waals surface area (Å²) in [5.41, 5.74) is 11.7. The van der Waals surface area contributed by atoms with Crippen LogP contribution in [0.1, 0.15) is 15.9 Å². The van der Waals surface area contributed by atoms with E-state index in [1.165, 1.54) is 7.11 Å². The van der Waals surface area contributed by atoms with Crippen LogP contribution in [0.2, 0.25) is 0 Å². The first-order valence-electron chi connectivity index (χ1n) is 5.42. The summed E-state index contributed by atoms with van der Waals surface area (Å²) >= 11 is 0. The molecular weight excluding hydrogens is 268 g/mol. The Morgan fingerprint density at radius 2 is 2.11 bits per heavy atom. The third-order valence-corrected chi connectivity index (χ3v) is 3.95. The summed E-state index contributed by atoms with van der Waals surface area (Å²) in [7, 11) is -1.93. The number of nitrogens with two attached hydrogens (primary N) is 2. The Morgan fingerprint density at radius 3 is 2.58 bits per heavy atom. The summed E-state index contributed by atoms with van der Waals surface area (Å²) in [6, 6.07) is 3.14. The summed E-state index contributed by atoms with van der Waals surface area (Å²) in [6.07, 6.45) is 0.126. The number of carbonyl (C=O) groups is 1. The average Bonchev–Trinajstić information content (AvgIpc) is 2.36. The van der Waals surface area contributed by atoms with Crippen molar-refractivity contribution in [3.63, 3.8) is 0 Å². The predicted molar refractivity (Wildman–Crippen MR) is 73.6 cm³/mol. The minimum Gasteiger partial charge on any atom is -0.495 e. The Kier molecular flexibility index (Phi) is 4.55. The second kappa shape index (κ2) is 5.75. The molecule has 0 aromatic heterocycles. The highest BCUT2D eigenvalue weighted by atomic mass is 32.2. The molecule has 0 spiro atoms. The number of aryl methyl sites for hydroxylation is 1. The van der Waals surface area contributed by atoms with E-state index in [0.717, 1.165) is 5.41 Å². The van der Waals surface area contributed by atoms with Crippen LogP contribution in [0.3, 0.4) is 0 Å². The molecule has 6 nitrogen and oxygen atoms in total. The van der Waals surface area contributed by atoms with E-state index in [2.05, 4.69) is 6.58 Å². The normalized spacial score (nSPS) is 11.0. The van der Waals surface area contributed by atoms with Crippen LogP contribution in [0, 0.1) is 0 Å². The maximum Gasteiger partial charge on any atom is 0.251 e. The molecular formula is C12H16N2O4S. The van der Waals surface area contributed by atoms with Gasteiger partial charge < -0.3 is 16.2 Å². The van der Waals surface area contributed by atoms with E-state index >= 15 is 0 Å². The van der Waals surface area contributed by atoms with Gasteiger partial charge in [0.2, 0.25) is 0 Å². The minimum atomic E-state index is -3.35. The van der Waals surface area contributed by atoms with Gasteiger partial charge in [-0.2, -0.15) is 0 Å². The maximum absolute atomic E-state index is 11.4. The SMILES string of the molecule is C=CS(=O)(=O)CCc1ccc(OC)c(N)c1C(N)=O. The van der Waals surface area contributed by atoms with Gasteiger partial charge in [0.1, 0.15) is 5.75 Å². The Balaban J connectivity index is 3.18. The van der Waals surface area contributed by atoms with Gasteiger partial charge in [0.25, 0.3) is 5.91 Å². The van der Waals surface area contributed by atoms with Crippen LogP contribution >= 0.6 is 0 Å². The molecule has 1 aromatic rings. The standard InChI is InChI=1S/C12H16N2O4S/c1-3-19(16,17)7-6-8-4-5-9(18-2)11(13)10(8)12(14)15/h3-5H,1,6-7,13H2,2H3,(H2,14,15). The molecule has 0 aliphatic carbocycles. The Hall–Kier alpha value is -2.02. The van der Waals surface area contributed by atoms with Gasteiger partial charge in [-0.15, -0.1) is 0 Å². The smallest absolute Gasteiger partial charge is 0.251 e. The third-order valence-electron chi connectivity index (χ3n) is 2.67. The topological polar surface area (TPSA) is 112 Å². The van der Waals surface area contributed by atoms with Gasteiger partial charge in [0, 0.05) is 5.41 Å². The summed E-state index contributed by atoms with van der Waals surface area (Å²) < 4.78 is 27.7. The highest BCUT2D eigenvalue weighted by Gasteiger charge is 2.17. The van der Waals surface area contributed by atoms with Crippen LogP contribution in [0.25, 0.3) is 0 Å². The zero-order chi connectivity index (χ0) is 14.6. The van der Waals surface area contributed by atoms with E-state index in [0.29, 0.717) is 11.3 Å². The number of methoxy groups -OCH3 is 1. The van der Waals surface area contributed by atoms with Crippen LogP contribution in [0.4, 0.5) is 5.69 Å². The molecule has 0 saturated carbocycles. The number of amides is 1. The van der Waals surface area contributed by atoms with Crippen LogP contribution in [-0.4, -0.2) is 27.2 Å². The average molecular weight is 284 g/mol. The van der Waals surface area contributed by atoms with Crippen molar-refractivity contribution < 1.29 is 17.9 Å². The molecule has 104 valence electrons. The summed E-state index contributed by atoms with van der Waals surface area (Å²) in [5.74, 6) is -0.561. The van der Waals surface area contributed by atoms with Gasteiger partial charge in [-0.3, -0.25) is 4.79 Å². The molecule has 0 radical (unpaired) electrons. The molecule has 1 amide bonds. The molecule has 0 atom stereocenters. The predicted octanol–water partition coefficient (Wildman–Crippen LogP) is 0.477. The molecule has 7 heteroatoms. The molecule has 1 aromatic carbocycles. The van der Waals surface area contributed by atoms with Crippen molar-refractivity contribution >= 4 is 21.4 Å². The van der Waals surface area contributed by atoms with E-state index in [1.54, 1.807) is 12.1 Å². The largest absolute Gasteiger partial charge is 0.495 e. The van der Waals surface area contributed by atoms with Gasteiger partial charge in [-0.05, 0) is 18.1 Å². The highest BCUT2D eigenvalue weighted by molar-refractivity contribution is 7.94. The van der Waals surface area contributed by atoms with E-state index < -0.39 is 15.7 Å². The highest BCUT2D eigenvalue weighted by Crippen LogP contribution is 2.28. The number of primary amides is 1. The number of nitrogen functional groups attached to an aromatic ring is 1. The summed E-state index contributed by atoms with van der Waals surface area (Å²) in [4.78, 5) is 11.4. The van der Waals surface area contributed by atoms with Gasteiger partial charge >= 0.3 is 0 Å². The molecule has 1 rings (SSSR count). The molecule has 0 unspecified atom stereocenters. The van der Waals surface area contributed by atoms with Gasteiger partial charge in [0.05, 0.1) is 24.1 Å². The number of carbonyl (C=O) groups excluding carboxylic acids is 1. The molecule has 19 heavy (non-hydrogen) atoms. The number of hydrogen-bond donors (Lipinski definition) is 2. The fourth-order valence-corrected chi connectivity index (χ4v) is 2.33. The molecule has 0 aliphatic rings. The first-order chi connectivity index (χ1) is 8.82. The first kappa shape index (κ1) is 15.0. The van der Waals surface area contributed by atoms with Crippen molar-refractivity contribution in [1.29, 1.82) is 0 Å². The van der Waals surface area contributed by atoms with Crippen molar-refractivity contribution in [2.24, 2.45) is 5.73 Å². The van der Waals surface area contributed by atoms with Gasteiger partial charge in [-0.25, -0.2) is 8.42 Å². The van der Waals surface area contributed by atoms with Gasteiger partial charge in [0.15, 0.2) is 9.84 Å². The van der Waals surface area contributed by atoms with Gasteiger partial charge in [-0.1, -0.05) is 12.6 Å². The molecule has 0 fully saturated rings. The number of sulfone groups is 1. The zero-order valence-corrected chi connectivity index (χ0v) is 11.4. The van der Waals surface area contributed by atoms with Crippen LogP contribution in [-0.2, 0) is 16.3 Å². The number of anilines is 1. The van der Waals surface area contributed by atoms with Crippen LogP contribution < -0.4 is 16.2 Å². The number of ether oxygens (including phenoxy) is 1. The van der Waals surface area contributed by atoms with Crippen LogP contribution in [0.5, 0.6) is 5.75 Å². The van der Waals surface area contributed by atoms with E-state index in [4.69, 9.17) is 16.2 Å². The fraction of sp³-hybridized carbons (Fsp3) is 0.250. The zero-order valence-electron chi connectivity index (χ0n) is 10.5. The lowest BCUT2D eigenvalue weighted by molar-refractivity contribution is 0.1000. The van der Waals surface area contributed by atoms with E-state index in [1.807, 2.05) is 0 Å². The lowest BCUT2D eigenvalue weighted by Gasteiger charge is -2.12. The minimum absolute atomic E-state index is 0.0959. The van der Waals surface area contributed by atoms with Crippen LogP contribution in [0.15, 0.2) is 24.1 Å². The maximum atomic E-state index is 11.4. The fourth-order valence-electron chi connectivity index (χ4n) is 1.66. The summed E-state index contributed by atoms with van der Waals surface area (Å²) in [5, 5.41) is 0.879. The lowest BCUT2D eigenvalue weighted by Crippen LogP contribution is -2.18. The molecule has 4 N–H and O–H groups in total. The third kappa shape index (κ3) is 3.47. The second-order valence-electron chi connectivity index (χ2n) is 3.86. The van der Waals surface area contributed by atoms with Crippen molar-refractivity contribution in [2.45, 2.75) is 6.42 Å². The first-order valence-corrected chi connectivity index (χ1v) is 7.14. The lowest BCUT2D eigenvalue weighted by atomic mass is 10.0. The van der Waals surface area contributed by atoms with Crippen molar-refractivity contribution in [2.75, 3.05) is 18.6 Å². The Morgan fingerprint density at radius 1 is 1.47 bits per heavy atom. The molecule has 0 heterocycles. The number of hydrogen-bond acceptors (Lipinski definition) is 5. The Bertz CT molecular complexity index is 608. The van der Waals surface area contributed by atoms with Crippen molar-refractivity contribution in [3.8, 4) is 5.75 Å². The monoisotopic (exact) mass is 284 g/mol.